The Balaban J connectivity index is 1.95. The molecule has 1 unspecified atom stereocenters. The Morgan fingerprint density at radius 2 is 2.15 bits per heavy atom. The number of aromatic nitrogens is 1. The minimum atomic E-state index is 0.0333. The van der Waals surface area contributed by atoms with Crippen molar-refractivity contribution in [3.63, 3.8) is 0 Å². The number of nitrogens with zero attached hydrogens (tertiary/aromatic N) is 2. The van der Waals surface area contributed by atoms with Gasteiger partial charge in [0.25, 0.3) is 5.91 Å². The third kappa shape index (κ3) is 2.27. The van der Waals surface area contributed by atoms with E-state index in [1.807, 2.05) is 31.3 Å². The van der Waals surface area contributed by atoms with Crippen molar-refractivity contribution in [3.8, 4) is 0 Å². The van der Waals surface area contributed by atoms with Gasteiger partial charge in [-0.05, 0) is 30.9 Å². The molecule has 1 heterocycles. The van der Waals surface area contributed by atoms with Gasteiger partial charge in [0.2, 0.25) is 0 Å². The summed E-state index contributed by atoms with van der Waals surface area (Å²) in [6, 6.07) is 9.67. The Bertz CT molecular complexity index is 631. The Labute approximate surface area is 118 Å². The summed E-state index contributed by atoms with van der Waals surface area (Å²) in [5, 5.41) is 0.901. The van der Waals surface area contributed by atoms with Crippen LogP contribution in [0.4, 0.5) is 0 Å². The van der Waals surface area contributed by atoms with Gasteiger partial charge in [0.05, 0.1) is 11.1 Å². The number of rotatable bonds is 4. The molecular weight excluding hydrogens is 250 g/mol. The molecule has 1 amide bonds. The molecule has 1 atom stereocenters. The number of para-hydroxylation sites is 1. The third-order valence-electron chi connectivity index (χ3n) is 4.10. The molecule has 0 spiro atoms. The molecule has 4 nitrogen and oxygen atoms in total. The Morgan fingerprint density at radius 3 is 2.85 bits per heavy atom. The lowest BCUT2D eigenvalue weighted by molar-refractivity contribution is 0.0720. The first kappa shape index (κ1) is 13.1. The maximum atomic E-state index is 12.7. The maximum absolute atomic E-state index is 12.7. The van der Waals surface area contributed by atoms with Gasteiger partial charge in [-0.15, -0.1) is 0 Å². The molecule has 20 heavy (non-hydrogen) atoms. The molecule has 104 valence electrons. The van der Waals surface area contributed by atoms with Gasteiger partial charge in [0.15, 0.2) is 0 Å². The van der Waals surface area contributed by atoms with Gasteiger partial charge < -0.3 is 10.6 Å². The molecule has 2 aromatic rings. The van der Waals surface area contributed by atoms with Crippen LogP contribution in [0.1, 0.15) is 23.2 Å². The van der Waals surface area contributed by atoms with E-state index in [1.54, 1.807) is 17.2 Å². The monoisotopic (exact) mass is 269 g/mol. The van der Waals surface area contributed by atoms with E-state index in [2.05, 4.69) is 4.98 Å². The van der Waals surface area contributed by atoms with E-state index >= 15 is 0 Å². The summed E-state index contributed by atoms with van der Waals surface area (Å²) < 4.78 is 0. The number of hydrogen-bond donors (Lipinski definition) is 1. The molecule has 1 aromatic heterocycles. The number of hydrogen-bond acceptors (Lipinski definition) is 3. The van der Waals surface area contributed by atoms with Crippen LogP contribution in [-0.2, 0) is 0 Å². The van der Waals surface area contributed by atoms with Crippen LogP contribution in [-0.4, -0.2) is 35.4 Å². The summed E-state index contributed by atoms with van der Waals surface area (Å²) in [5.41, 5.74) is 7.39. The number of carbonyl (C=O) groups excluding carboxylic acids is 1. The molecule has 4 heteroatoms. The second-order valence-electron chi connectivity index (χ2n) is 5.43. The normalized spacial score (nSPS) is 16.1. The molecule has 1 aliphatic rings. The average molecular weight is 269 g/mol. The fraction of sp³-hybridized carbons (Fsp3) is 0.375. The number of amides is 1. The number of pyridine rings is 1. The van der Waals surface area contributed by atoms with Gasteiger partial charge in [-0.1, -0.05) is 18.2 Å². The zero-order chi connectivity index (χ0) is 14.1. The smallest absolute Gasteiger partial charge is 0.254 e. The van der Waals surface area contributed by atoms with Crippen molar-refractivity contribution >= 4 is 16.8 Å². The SMILES string of the molecule is CN(C(=O)c1ccnc2ccccc12)C(CN)C1CC1. The first-order chi connectivity index (χ1) is 9.72. The lowest BCUT2D eigenvalue weighted by atomic mass is 10.1. The van der Waals surface area contributed by atoms with Gasteiger partial charge >= 0.3 is 0 Å². The topological polar surface area (TPSA) is 59.2 Å². The average Bonchev–Trinajstić information content (AvgIpc) is 3.31. The summed E-state index contributed by atoms with van der Waals surface area (Å²) in [4.78, 5) is 18.8. The first-order valence-electron chi connectivity index (χ1n) is 7.03. The molecule has 1 aliphatic carbocycles. The molecule has 1 aromatic carbocycles. The molecule has 3 rings (SSSR count). The standard InChI is InChI=1S/C16H19N3O/c1-19(15(10-17)11-6-7-11)16(20)13-8-9-18-14-5-3-2-4-12(13)14/h2-5,8-9,11,15H,6-7,10,17H2,1H3. The lowest BCUT2D eigenvalue weighted by Gasteiger charge is -2.27. The lowest BCUT2D eigenvalue weighted by Crippen LogP contribution is -2.43. The van der Waals surface area contributed by atoms with E-state index < -0.39 is 0 Å². The van der Waals surface area contributed by atoms with Gasteiger partial charge in [0, 0.05) is 31.2 Å². The van der Waals surface area contributed by atoms with Crippen LogP contribution in [0.25, 0.3) is 10.9 Å². The molecule has 2 N–H and O–H groups in total. The van der Waals surface area contributed by atoms with Crippen molar-refractivity contribution in [2.45, 2.75) is 18.9 Å². The Hall–Kier alpha value is -1.94. The molecule has 0 bridgehead atoms. The molecule has 0 aliphatic heterocycles. The zero-order valence-corrected chi connectivity index (χ0v) is 11.6. The van der Waals surface area contributed by atoms with Gasteiger partial charge in [0.1, 0.15) is 0 Å². The fourth-order valence-electron chi connectivity index (χ4n) is 2.77. The van der Waals surface area contributed by atoms with Gasteiger partial charge in [-0.3, -0.25) is 9.78 Å². The van der Waals surface area contributed by atoms with Crippen molar-refractivity contribution in [3.05, 3.63) is 42.1 Å². The zero-order valence-electron chi connectivity index (χ0n) is 11.6. The predicted molar refractivity (Wildman–Crippen MR) is 79.4 cm³/mol. The van der Waals surface area contributed by atoms with Crippen LogP contribution in [0.2, 0.25) is 0 Å². The summed E-state index contributed by atoms with van der Waals surface area (Å²) in [7, 11) is 1.85. The quantitative estimate of drug-likeness (QED) is 0.924. The first-order valence-corrected chi connectivity index (χ1v) is 7.03. The highest BCUT2D eigenvalue weighted by molar-refractivity contribution is 6.06. The minimum absolute atomic E-state index is 0.0333. The highest BCUT2D eigenvalue weighted by atomic mass is 16.2. The molecule has 1 saturated carbocycles. The number of fused-ring (bicyclic) bond motifs is 1. The summed E-state index contributed by atoms with van der Waals surface area (Å²) in [5.74, 6) is 0.605. The van der Waals surface area contributed by atoms with E-state index in [-0.39, 0.29) is 11.9 Å². The van der Waals surface area contributed by atoms with Crippen LogP contribution in [0.15, 0.2) is 36.5 Å². The summed E-state index contributed by atoms with van der Waals surface area (Å²) >= 11 is 0. The second kappa shape index (κ2) is 5.21. The number of likely N-dealkylation sites (N-methyl/N-ethyl adjacent to an activating group) is 1. The van der Waals surface area contributed by atoms with E-state index in [0.29, 0.717) is 18.0 Å². The van der Waals surface area contributed by atoms with Gasteiger partial charge in [-0.2, -0.15) is 0 Å². The number of nitrogens with two attached hydrogens (primary N) is 1. The largest absolute Gasteiger partial charge is 0.337 e. The van der Waals surface area contributed by atoms with Crippen LogP contribution in [0.3, 0.4) is 0 Å². The predicted octanol–water partition coefficient (Wildman–Crippen LogP) is 2.04. The molecular formula is C16H19N3O. The maximum Gasteiger partial charge on any atom is 0.254 e. The molecule has 0 saturated heterocycles. The van der Waals surface area contributed by atoms with Crippen LogP contribution in [0, 0.1) is 5.92 Å². The van der Waals surface area contributed by atoms with Crippen molar-refractivity contribution in [2.75, 3.05) is 13.6 Å². The van der Waals surface area contributed by atoms with Crippen molar-refractivity contribution in [1.29, 1.82) is 0 Å². The third-order valence-corrected chi connectivity index (χ3v) is 4.10. The van der Waals surface area contributed by atoms with E-state index in [9.17, 15) is 4.79 Å². The minimum Gasteiger partial charge on any atom is -0.337 e. The molecule has 1 fully saturated rings. The number of benzene rings is 1. The van der Waals surface area contributed by atoms with Crippen LogP contribution in [0.5, 0.6) is 0 Å². The van der Waals surface area contributed by atoms with Crippen LogP contribution < -0.4 is 5.73 Å². The van der Waals surface area contributed by atoms with Gasteiger partial charge in [-0.25, -0.2) is 0 Å². The Kier molecular flexibility index (Phi) is 3.40. The van der Waals surface area contributed by atoms with Crippen molar-refractivity contribution in [2.24, 2.45) is 11.7 Å². The van der Waals surface area contributed by atoms with E-state index in [0.717, 1.165) is 10.9 Å². The summed E-state index contributed by atoms with van der Waals surface area (Å²) in [6.45, 7) is 0.524. The highest BCUT2D eigenvalue weighted by Gasteiger charge is 2.35. The van der Waals surface area contributed by atoms with Crippen molar-refractivity contribution < 1.29 is 4.79 Å². The van der Waals surface area contributed by atoms with Crippen molar-refractivity contribution in [1.82, 2.24) is 9.88 Å². The second-order valence-corrected chi connectivity index (χ2v) is 5.43. The number of carbonyl (C=O) groups is 1. The highest BCUT2D eigenvalue weighted by Crippen LogP contribution is 2.35. The van der Waals surface area contributed by atoms with E-state index in [4.69, 9.17) is 5.73 Å². The Morgan fingerprint density at radius 1 is 1.40 bits per heavy atom. The van der Waals surface area contributed by atoms with Crippen LogP contribution >= 0.6 is 0 Å². The fourth-order valence-corrected chi connectivity index (χ4v) is 2.77. The molecule has 0 radical (unpaired) electrons. The van der Waals surface area contributed by atoms with E-state index in [1.165, 1.54) is 12.8 Å². The summed E-state index contributed by atoms with van der Waals surface area (Å²) in [6.07, 6.45) is 4.05.